The molecule has 0 atom stereocenters. The molecule has 1 saturated heterocycles. The van der Waals surface area contributed by atoms with Crippen LogP contribution in [0.1, 0.15) is 6.92 Å². The minimum atomic E-state index is -3.54. The summed E-state index contributed by atoms with van der Waals surface area (Å²) in [5.41, 5.74) is -0.763. The largest absolute Gasteiger partial charge is 0.480 e. The van der Waals surface area contributed by atoms with E-state index in [1.54, 1.807) is 13.0 Å². The Morgan fingerprint density at radius 1 is 1.62 bits per heavy atom. The number of carboxylic acids is 1. The molecule has 0 spiro atoms. The molecule has 7 nitrogen and oxygen atoms in total. The van der Waals surface area contributed by atoms with Gasteiger partial charge in [-0.2, -0.15) is 9.57 Å². The van der Waals surface area contributed by atoms with Gasteiger partial charge in [-0.15, -0.1) is 0 Å². The van der Waals surface area contributed by atoms with E-state index in [2.05, 4.69) is 0 Å². The summed E-state index contributed by atoms with van der Waals surface area (Å²) in [7, 11) is -3.54. The van der Waals surface area contributed by atoms with Crippen molar-refractivity contribution in [2.45, 2.75) is 12.5 Å². The average Bonchev–Trinajstić information content (AvgIpc) is 2.10. The Kier molecular flexibility index (Phi) is 3.52. The van der Waals surface area contributed by atoms with Gasteiger partial charge in [-0.3, -0.25) is 0 Å². The molecule has 0 aromatic carbocycles. The maximum Gasteiger partial charge on any atom is 0.329 e. The van der Waals surface area contributed by atoms with Crippen molar-refractivity contribution >= 4 is 16.0 Å². The van der Waals surface area contributed by atoms with Gasteiger partial charge >= 0.3 is 5.97 Å². The van der Waals surface area contributed by atoms with E-state index in [-0.39, 0.29) is 13.1 Å². The van der Waals surface area contributed by atoms with E-state index < -0.39 is 34.0 Å². The first kappa shape index (κ1) is 12.9. The Labute approximate surface area is 93.3 Å². The number of nitrogens with zero attached hydrogens (tertiary/aromatic N) is 2. The predicted octanol–water partition coefficient (Wildman–Crippen LogP) is -0.985. The molecular formula is C8H12N2O5S. The van der Waals surface area contributed by atoms with Crippen LogP contribution in [-0.4, -0.2) is 54.8 Å². The van der Waals surface area contributed by atoms with Crippen molar-refractivity contribution in [1.29, 1.82) is 5.26 Å². The van der Waals surface area contributed by atoms with Crippen LogP contribution in [0.3, 0.4) is 0 Å². The first-order valence-corrected chi connectivity index (χ1v) is 6.10. The van der Waals surface area contributed by atoms with Gasteiger partial charge < -0.3 is 9.84 Å². The minimum Gasteiger partial charge on any atom is -0.480 e. The summed E-state index contributed by atoms with van der Waals surface area (Å²) < 4.78 is 28.9. The Balaban J connectivity index is 2.48. The first-order valence-electron chi connectivity index (χ1n) is 4.50. The number of carboxylic acid groups (broad SMARTS) is 1. The molecule has 1 rings (SSSR count). The fraction of sp³-hybridized carbons (Fsp3) is 0.750. The molecule has 1 fully saturated rings. The molecule has 0 unspecified atom stereocenters. The molecule has 1 aliphatic rings. The van der Waals surface area contributed by atoms with Crippen molar-refractivity contribution in [3.05, 3.63) is 0 Å². The number of hydrogen-bond acceptors (Lipinski definition) is 5. The summed E-state index contributed by atoms with van der Waals surface area (Å²) >= 11 is 0. The van der Waals surface area contributed by atoms with Gasteiger partial charge in [-0.25, -0.2) is 13.2 Å². The Bertz CT molecular complexity index is 418. The van der Waals surface area contributed by atoms with Gasteiger partial charge in [0.15, 0.2) is 5.75 Å². The molecule has 0 aliphatic carbocycles. The highest BCUT2D eigenvalue weighted by atomic mass is 32.2. The molecule has 0 amide bonds. The lowest BCUT2D eigenvalue weighted by atomic mass is 10.0. The van der Waals surface area contributed by atoms with Crippen LogP contribution in [0.15, 0.2) is 0 Å². The topological polar surface area (TPSA) is 108 Å². The normalized spacial score (nSPS) is 19.8. The summed E-state index contributed by atoms with van der Waals surface area (Å²) in [6, 6.07) is 1.57. The second kappa shape index (κ2) is 4.37. The highest BCUT2D eigenvalue weighted by Gasteiger charge is 2.45. The van der Waals surface area contributed by atoms with Crippen molar-refractivity contribution < 1.29 is 23.1 Å². The van der Waals surface area contributed by atoms with Crippen molar-refractivity contribution in [2.75, 3.05) is 25.4 Å². The number of carbonyl (C=O) groups is 1. The van der Waals surface area contributed by atoms with E-state index in [1.165, 1.54) is 0 Å². The van der Waals surface area contributed by atoms with Gasteiger partial charge in [0.1, 0.15) is 6.61 Å². The summed E-state index contributed by atoms with van der Waals surface area (Å²) in [4.78, 5) is 10.3. The van der Waals surface area contributed by atoms with Crippen LogP contribution in [0, 0.1) is 11.3 Å². The number of rotatable bonds is 5. The SMILES string of the molecule is CC1(OCC(=O)O)CN(S(=O)(=O)CC#N)C1. The number of hydrogen-bond donors (Lipinski definition) is 1. The van der Waals surface area contributed by atoms with Gasteiger partial charge in [-0.05, 0) is 6.92 Å². The fourth-order valence-electron chi connectivity index (χ4n) is 1.40. The third-order valence-electron chi connectivity index (χ3n) is 2.21. The van der Waals surface area contributed by atoms with Gasteiger partial charge in [-0.1, -0.05) is 0 Å². The second-order valence-corrected chi connectivity index (χ2v) is 5.78. The minimum absolute atomic E-state index is 0.0876. The van der Waals surface area contributed by atoms with Crippen LogP contribution in [-0.2, 0) is 19.6 Å². The van der Waals surface area contributed by atoms with Crippen molar-refractivity contribution in [3.63, 3.8) is 0 Å². The van der Waals surface area contributed by atoms with E-state index in [0.717, 1.165) is 4.31 Å². The molecule has 1 aliphatic heterocycles. The molecule has 1 N–H and O–H groups in total. The lowest BCUT2D eigenvalue weighted by Gasteiger charge is -2.45. The molecule has 0 bridgehead atoms. The van der Waals surface area contributed by atoms with Gasteiger partial charge in [0.2, 0.25) is 10.0 Å². The van der Waals surface area contributed by atoms with Gasteiger partial charge in [0.25, 0.3) is 0 Å². The molecule has 0 saturated carbocycles. The summed E-state index contributed by atoms with van der Waals surface area (Å²) in [5.74, 6) is -1.67. The first-order chi connectivity index (χ1) is 7.29. The summed E-state index contributed by atoms with van der Waals surface area (Å²) in [6.07, 6.45) is 0. The highest BCUT2D eigenvalue weighted by molar-refractivity contribution is 7.89. The standard InChI is InChI=1S/C8H12N2O5S/c1-8(15-4-7(11)12)5-10(6-8)16(13,14)3-2-9/h3-6H2,1H3,(H,11,12). The second-order valence-electron chi connectivity index (χ2n) is 3.81. The van der Waals surface area contributed by atoms with Crippen LogP contribution in [0.2, 0.25) is 0 Å². The average molecular weight is 248 g/mol. The molecule has 8 heteroatoms. The zero-order valence-electron chi connectivity index (χ0n) is 8.71. The van der Waals surface area contributed by atoms with E-state index in [9.17, 15) is 13.2 Å². The molecular weight excluding hydrogens is 236 g/mol. The van der Waals surface area contributed by atoms with Crippen molar-refractivity contribution in [3.8, 4) is 6.07 Å². The van der Waals surface area contributed by atoms with Gasteiger partial charge in [0, 0.05) is 13.1 Å². The number of nitriles is 1. The lowest BCUT2D eigenvalue weighted by Crippen LogP contribution is -2.63. The maximum absolute atomic E-state index is 11.4. The van der Waals surface area contributed by atoms with Crippen molar-refractivity contribution in [1.82, 2.24) is 4.31 Å². The van der Waals surface area contributed by atoms with E-state index in [4.69, 9.17) is 15.1 Å². The Hall–Kier alpha value is -1.17. The smallest absolute Gasteiger partial charge is 0.329 e. The third kappa shape index (κ3) is 2.91. The fourth-order valence-corrected chi connectivity index (χ4v) is 2.68. The molecule has 0 radical (unpaired) electrons. The predicted molar refractivity (Wildman–Crippen MR) is 53.0 cm³/mol. The highest BCUT2D eigenvalue weighted by Crippen LogP contribution is 2.27. The summed E-state index contributed by atoms with van der Waals surface area (Å²) in [5, 5.41) is 16.7. The number of aliphatic carboxylic acids is 1. The van der Waals surface area contributed by atoms with Crippen LogP contribution in [0.5, 0.6) is 0 Å². The maximum atomic E-state index is 11.4. The van der Waals surface area contributed by atoms with Crippen molar-refractivity contribution in [2.24, 2.45) is 0 Å². The van der Waals surface area contributed by atoms with E-state index in [0.29, 0.717) is 0 Å². The molecule has 0 aromatic rings. The van der Waals surface area contributed by atoms with Crippen LogP contribution < -0.4 is 0 Å². The third-order valence-corrected chi connectivity index (χ3v) is 3.74. The molecule has 0 aromatic heterocycles. The van der Waals surface area contributed by atoms with Crippen LogP contribution in [0.25, 0.3) is 0 Å². The van der Waals surface area contributed by atoms with Crippen LogP contribution in [0.4, 0.5) is 0 Å². The Morgan fingerprint density at radius 2 is 2.19 bits per heavy atom. The monoisotopic (exact) mass is 248 g/mol. The molecule has 90 valence electrons. The molecule has 16 heavy (non-hydrogen) atoms. The van der Waals surface area contributed by atoms with E-state index in [1.807, 2.05) is 0 Å². The zero-order valence-corrected chi connectivity index (χ0v) is 9.53. The van der Waals surface area contributed by atoms with Crippen LogP contribution >= 0.6 is 0 Å². The summed E-state index contributed by atoms with van der Waals surface area (Å²) in [6.45, 7) is 1.35. The molecule has 1 heterocycles. The van der Waals surface area contributed by atoms with Gasteiger partial charge in [0.05, 0.1) is 11.7 Å². The van der Waals surface area contributed by atoms with E-state index >= 15 is 0 Å². The lowest BCUT2D eigenvalue weighted by molar-refractivity contribution is -0.157. The quantitative estimate of drug-likeness (QED) is 0.669. The number of ether oxygens (including phenoxy) is 1. The Morgan fingerprint density at radius 3 is 2.62 bits per heavy atom. The number of sulfonamides is 1. The zero-order chi connectivity index (χ0) is 12.4.